The van der Waals surface area contributed by atoms with Gasteiger partial charge < -0.3 is 10.1 Å². The first kappa shape index (κ1) is 13.9. The van der Waals surface area contributed by atoms with E-state index in [2.05, 4.69) is 11.9 Å². The second-order valence-corrected chi connectivity index (χ2v) is 4.43. The summed E-state index contributed by atoms with van der Waals surface area (Å²) in [5, 5.41) is 3.31. The van der Waals surface area contributed by atoms with E-state index in [-0.39, 0.29) is 5.91 Å². The zero-order valence-corrected chi connectivity index (χ0v) is 11.2. The molecule has 17 heavy (non-hydrogen) atoms. The molecule has 0 bridgehead atoms. The van der Waals surface area contributed by atoms with Crippen molar-refractivity contribution in [2.75, 3.05) is 13.7 Å². The van der Waals surface area contributed by atoms with Crippen molar-refractivity contribution in [2.45, 2.75) is 6.92 Å². The average Bonchev–Trinajstić information content (AvgIpc) is 2.25. The first-order valence-electron chi connectivity index (χ1n) is 4.91. The fourth-order valence-corrected chi connectivity index (χ4v) is 1.86. The van der Waals surface area contributed by atoms with E-state index in [1.807, 2.05) is 6.92 Å². The third-order valence-electron chi connectivity index (χ3n) is 2.02. The molecular formula is C12H13Cl2NO2. The highest BCUT2D eigenvalue weighted by molar-refractivity contribution is 6.37. The van der Waals surface area contributed by atoms with E-state index in [1.165, 1.54) is 19.2 Å². The molecule has 0 atom stereocenters. The first-order chi connectivity index (χ1) is 7.95. The van der Waals surface area contributed by atoms with Crippen molar-refractivity contribution in [3.8, 4) is 5.75 Å². The Morgan fingerprint density at radius 1 is 1.41 bits per heavy atom. The summed E-state index contributed by atoms with van der Waals surface area (Å²) < 4.78 is 5.00. The molecular weight excluding hydrogens is 261 g/mol. The van der Waals surface area contributed by atoms with Crippen LogP contribution in [0.5, 0.6) is 5.75 Å². The van der Waals surface area contributed by atoms with Gasteiger partial charge in [0.25, 0.3) is 5.91 Å². The Morgan fingerprint density at radius 3 is 2.35 bits per heavy atom. The summed E-state index contributed by atoms with van der Waals surface area (Å²) in [7, 11) is 1.47. The molecule has 92 valence electrons. The van der Waals surface area contributed by atoms with Crippen LogP contribution < -0.4 is 10.1 Å². The van der Waals surface area contributed by atoms with Gasteiger partial charge in [0, 0.05) is 12.1 Å². The number of rotatable bonds is 4. The predicted molar refractivity (Wildman–Crippen MR) is 70.2 cm³/mol. The highest BCUT2D eigenvalue weighted by Gasteiger charge is 2.12. The highest BCUT2D eigenvalue weighted by atomic mass is 35.5. The number of benzene rings is 1. The van der Waals surface area contributed by atoms with Gasteiger partial charge in [-0.3, -0.25) is 4.79 Å². The lowest BCUT2D eigenvalue weighted by molar-refractivity contribution is 0.0957. The van der Waals surface area contributed by atoms with Crippen molar-refractivity contribution < 1.29 is 9.53 Å². The lowest BCUT2D eigenvalue weighted by atomic mass is 10.2. The highest BCUT2D eigenvalue weighted by Crippen LogP contribution is 2.33. The van der Waals surface area contributed by atoms with Gasteiger partial charge in [-0.05, 0) is 19.1 Å². The van der Waals surface area contributed by atoms with Crippen LogP contribution in [0.4, 0.5) is 0 Å². The SMILES string of the molecule is C=C(C)CNC(=O)c1cc(Cl)c(OC)c(Cl)c1. The molecule has 3 nitrogen and oxygen atoms in total. The normalized spacial score (nSPS) is 9.88. The van der Waals surface area contributed by atoms with Crippen molar-refractivity contribution in [3.05, 3.63) is 39.9 Å². The summed E-state index contributed by atoms with van der Waals surface area (Å²) in [5.41, 5.74) is 1.26. The molecule has 0 aliphatic rings. The van der Waals surface area contributed by atoms with Gasteiger partial charge in [-0.25, -0.2) is 0 Å². The summed E-state index contributed by atoms with van der Waals surface area (Å²) >= 11 is 11.9. The molecule has 0 spiro atoms. The maximum absolute atomic E-state index is 11.7. The third-order valence-corrected chi connectivity index (χ3v) is 2.58. The Labute approximate surface area is 110 Å². The zero-order valence-electron chi connectivity index (χ0n) is 9.64. The monoisotopic (exact) mass is 273 g/mol. The summed E-state index contributed by atoms with van der Waals surface area (Å²) in [4.78, 5) is 11.7. The van der Waals surface area contributed by atoms with Crippen LogP contribution in [0.2, 0.25) is 10.0 Å². The van der Waals surface area contributed by atoms with Gasteiger partial charge in [0.1, 0.15) is 0 Å². The number of hydrogen-bond donors (Lipinski definition) is 1. The lowest BCUT2D eigenvalue weighted by Crippen LogP contribution is -2.24. The van der Waals surface area contributed by atoms with Crippen molar-refractivity contribution in [3.63, 3.8) is 0 Å². The first-order valence-corrected chi connectivity index (χ1v) is 5.67. The van der Waals surface area contributed by atoms with E-state index in [9.17, 15) is 4.79 Å². The molecule has 5 heteroatoms. The number of halogens is 2. The molecule has 0 saturated heterocycles. The predicted octanol–water partition coefficient (Wildman–Crippen LogP) is 3.31. The maximum atomic E-state index is 11.7. The van der Waals surface area contributed by atoms with Crippen molar-refractivity contribution in [2.24, 2.45) is 0 Å². The summed E-state index contributed by atoms with van der Waals surface area (Å²) in [6.45, 7) is 5.94. The van der Waals surface area contributed by atoms with Crippen molar-refractivity contribution in [1.29, 1.82) is 0 Å². The molecule has 0 heterocycles. The summed E-state index contributed by atoms with van der Waals surface area (Å²) in [6.07, 6.45) is 0. The molecule has 1 N–H and O–H groups in total. The topological polar surface area (TPSA) is 38.3 Å². The van der Waals surface area contributed by atoms with Crippen LogP contribution >= 0.6 is 23.2 Å². The van der Waals surface area contributed by atoms with Gasteiger partial charge in [-0.1, -0.05) is 35.4 Å². The number of hydrogen-bond acceptors (Lipinski definition) is 2. The number of carbonyl (C=O) groups is 1. The van der Waals surface area contributed by atoms with Crippen LogP contribution in [0, 0.1) is 0 Å². The van der Waals surface area contributed by atoms with Crippen LogP contribution in [0.15, 0.2) is 24.3 Å². The Morgan fingerprint density at radius 2 is 1.94 bits per heavy atom. The number of nitrogens with one attached hydrogen (secondary N) is 1. The number of methoxy groups -OCH3 is 1. The fourth-order valence-electron chi connectivity index (χ4n) is 1.22. The maximum Gasteiger partial charge on any atom is 0.251 e. The molecule has 0 unspecified atom stereocenters. The molecule has 0 aromatic heterocycles. The van der Waals surface area contributed by atoms with E-state index in [4.69, 9.17) is 27.9 Å². The number of amides is 1. The van der Waals surface area contributed by atoms with Crippen LogP contribution in [0.1, 0.15) is 17.3 Å². The summed E-state index contributed by atoms with van der Waals surface area (Å²) in [6, 6.07) is 3.03. The second-order valence-electron chi connectivity index (χ2n) is 3.61. The largest absolute Gasteiger partial charge is 0.494 e. The average molecular weight is 274 g/mol. The molecule has 0 saturated carbocycles. The zero-order chi connectivity index (χ0) is 13.0. The van der Waals surface area contributed by atoms with Gasteiger partial charge in [-0.15, -0.1) is 0 Å². The van der Waals surface area contributed by atoms with Crippen molar-refractivity contribution in [1.82, 2.24) is 5.32 Å². The number of ether oxygens (including phenoxy) is 1. The lowest BCUT2D eigenvalue weighted by Gasteiger charge is -2.09. The molecule has 0 fully saturated rings. The smallest absolute Gasteiger partial charge is 0.251 e. The standard InChI is InChI=1S/C12H13Cl2NO2/c1-7(2)6-15-12(16)8-4-9(13)11(17-3)10(14)5-8/h4-5H,1,6H2,2-3H3,(H,15,16). The van der Waals surface area contributed by atoms with Gasteiger partial charge in [0.2, 0.25) is 0 Å². The Balaban J connectivity index is 2.92. The molecule has 1 aromatic rings. The Hall–Kier alpha value is -1.19. The molecule has 0 aliphatic heterocycles. The Kier molecular flexibility index (Phi) is 4.85. The van der Waals surface area contributed by atoms with E-state index >= 15 is 0 Å². The van der Waals surface area contributed by atoms with Crippen molar-refractivity contribution >= 4 is 29.1 Å². The van der Waals surface area contributed by atoms with Crippen LogP contribution in [0.25, 0.3) is 0 Å². The molecule has 0 aliphatic carbocycles. The van der Waals surface area contributed by atoms with Gasteiger partial charge in [0.05, 0.1) is 17.2 Å². The van der Waals surface area contributed by atoms with Crippen LogP contribution in [-0.4, -0.2) is 19.6 Å². The summed E-state index contributed by atoms with van der Waals surface area (Å²) in [5.74, 6) is 0.115. The Bertz CT molecular complexity index is 435. The van der Waals surface area contributed by atoms with Gasteiger partial charge >= 0.3 is 0 Å². The van der Waals surface area contributed by atoms with Crippen LogP contribution in [0.3, 0.4) is 0 Å². The van der Waals surface area contributed by atoms with Crippen LogP contribution in [-0.2, 0) is 0 Å². The number of carbonyl (C=O) groups excluding carboxylic acids is 1. The molecule has 1 rings (SSSR count). The molecule has 1 amide bonds. The van der Waals surface area contributed by atoms with E-state index < -0.39 is 0 Å². The van der Waals surface area contributed by atoms with Gasteiger partial charge in [0.15, 0.2) is 5.75 Å². The molecule has 0 radical (unpaired) electrons. The minimum Gasteiger partial charge on any atom is -0.494 e. The third kappa shape index (κ3) is 3.65. The minimum absolute atomic E-state index is 0.251. The second kappa shape index (κ2) is 5.94. The quantitative estimate of drug-likeness (QED) is 0.855. The fraction of sp³-hybridized carbons (Fsp3) is 0.250. The van der Waals surface area contributed by atoms with E-state index in [1.54, 1.807) is 0 Å². The van der Waals surface area contributed by atoms with E-state index in [0.717, 1.165) is 5.57 Å². The molecule has 1 aromatic carbocycles. The minimum atomic E-state index is -0.251. The van der Waals surface area contributed by atoms with E-state index in [0.29, 0.717) is 27.9 Å². The van der Waals surface area contributed by atoms with Gasteiger partial charge in [-0.2, -0.15) is 0 Å².